The number of likely N-dealkylation sites (tertiary alicyclic amines) is 1. The van der Waals surface area contributed by atoms with Gasteiger partial charge in [-0.25, -0.2) is 0 Å². The number of rotatable bonds is 7. The molecule has 0 bridgehead atoms. The molecule has 0 aromatic heterocycles. The van der Waals surface area contributed by atoms with E-state index >= 15 is 0 Å². The van der Waals surface area contributed by atoms with Crippen LogP contribution in [0.5, 0.6) is 0 Å². The van der Waals surface area contributed by atoms with E-state index in [0.717, 1.165) is 18.5 Å². The van der Waals surface area contributed by atoms with Gasteiger partial charge in [0, 0.05) is 25.7 Å². The molecule has 0 aromatic carbocycles. The lowest BCUT2D eigenvalue weighted by Crippen LogP contribution is -2.39. The number of hydrogen-bond donors (Lipinski definition) is 1. The molecule has 1 unspecified atom stereocenters. The third-order valence-electron chi connectivity index (χ3n) is 4.77. The Bertz CT molecular complexity index is 226. The Balaban J connectivity index is 1.50. The fourth-order valence-electron chi connectivity index (χ4n) is 3.45. The number of nitrogens with zero attached hydrogens (tertiary/aromatic N) is 2. The SMILES string of the molecule is CN(CCNCC1CCCC1)CC1CCCN1C. The zero-order valence-corrected chi connectivity index (χ0v) is 12.3. The maximum absolute atomic E-state index is 3.64. The zero-order valence-electron chi connectivity index (χ0n) is 12.3. The Morgan fingerprint density at radius 3 is 2.61 bits per heavy atom. The average Bonchev–Trinajstić information content (AvgIpc) is 2.98. The molecule has 0 radical (unpaired) electrons. The highest BCUT2D eigenvalue weighted by atomic mass is 15.2. The molecule has 1 saturated carbocycles. The van der Waals surface area contributed by atoms with E-state index in [2.05, 4.69) is 29.2 Å². The molecule has 1 saturated heterocycles. The Kier molecular flexibility index (Phi) is 5.93. The highest BCUT2D eigenvalue weighted by Crippen LogP contribution is 2.23. The molecule has 2 aliphatic rings. The van der Waals surface area contributed by atoms with Crippen LogP contribution in [0.3, 0.4) is 0 Å². The quantitative estimate of drug-likeness (QED) is 0.698. The van der Waals surface area contributed by atoms with Gasteiger partial charge in [-0.2, -0.15) is 0 Å². The van der Waals surface area contributed by atoms with E-state index in [0.29, 0.717) is 0 Å². The molecule has 0 amide bonds. The van der Waals surface area contributed by atoms with Crippen LogP contribution in [0, 0.1) is 5.92 Å². The van der Waals surface area contributed by atoms with Crippen LogP contribution < -0.4 is 5.32 Å². The fraction of sp³-hybridized carbons (Fsp3) is 1.00. The largest absolute Gasteiger partial charge is 0.315 e. The first-order chi connectivity index (χ1) is 8.75. The van der Waals surface area contributed by atoms with E-state index in [4.69, 9.17) is 0 Å². The van der Waals surface area contributed by atoms with Crippen molar-refractivity contribution in [3.8, 4) is 0 Å². The monoisotopic (exact) mass is 253 g/mol. The van der Waals surface area contributed by atoms with E-state index < -0.39 is 0 Å². The van der Waals surface area contributed by atoms with Crippen LogP contribution in [0.25, 0.3) is 0 Å². The maximum Gasteiger partial charge on any atom is 0.0220 e. The molecule has 2 fully saturated rings. The summed E-state index contributed by atoms with van der Waals surface area (Å²) in [6, 6.07) is 0.796. The molecule has 3 nitrogen and oxygen atoms in total. The van der Waals surface area contributed by atoms with E-state index in [1.807, 2.05) is 0 Å². The molecule has 0 spiro atoms. The summed E-state index contributed by atoms with van der Waals surface area (Å²) in [5.74, 6) is 0.969. The predicted molar refractivity (Wildman–Crippen MR) is 78.0 cm³/mol. The lowest BCUT2D eigenvalue weighted by molar-refractivity contribution is 0.219. The second kappa shape index (κ2) is 7.46. The second-order valence-corrected chi connectivity index (χ2v) is 6.39. The van der Waals surface area contributed by atoms with Crippen molar-refractivity contribution < 1.29 is 0 Å². The summed E-state index contributed by atoms with van der Waals surface area (Å²) < 4.78 is 0. The van der Waals surface area contributed by atoms with Gasteiger partial charge < -0.3 is 15.1 Å². The Morgan fingerprint density at radius 1 is 1.17 bits per heavy atom. The van der Waals surface area contributed by atoms with Crippen LogP contribution in [0.1, 0.15) is 38.5 Å². The van der Waals surface area contributed by atoms with Crippen molar-refractivity contribution in [3.05, 3.63) is 0 Å². The molecule has 0 aromatic rings. The molecule has 1 heterocycles. The standard InChI is InChI=1S/C15H31N3/c1-17(13-15-8-5-10-18(15)2)11-9-16-12-14-6-3-4-7-14/h14-16H,3-13H2,1-2H3. The van der Waals surface area contributed by atoms with Crippen molar-refractivity contribution in [2.75, 3.05) is 46.8 Å². The van der Waals surface area contributed by atoms with Gasteiger partial charge in [0.25, 0.3) is 0 Å². The van der Waals surface area contributed by atoms with E-state index in [9.17, 15) is 0 Å². The van der Waals surface area contributed by atoms with Gasteiger partial charge in [0.15, 0.2) is 0 Å². The summed E-state index contributed by atoms with van der Waals surface area (Å²) in [4.78, 5) is 5.01. The van der Waals surface area contributed by atoms with Crippen LogP contribution in [-0.2, 0) is 0 Å². The summed E-state index contributed by atoms with van der Waals surface area (Å²) in [6.45, 7) is 6.12. The minimum atomic E-state index is 0.796. The van der Waals surface area contributed by atoms with Gasteiger partial charge in [-0.15, -0.1) is 0 Å². The molecule has 1 aliphatic heterocycles. The molecule has 106 valence electrons. The van der Waals surface area contributed by atoms with Crippen LogP contribution in [-0.4, -0.2) is 62.7 Å². The van der Waals surface area contributed by atoms with E-state index in [1.54, 1.807) is 0 Å². The highest BCUT2D eigenvalue weighted by molar-refractivity contribution is 4.79. The topological polar surface area (TPSA) is 18.5 Å². The van der Waals surface area contributed by atoms with E-state index in [1.165, 1.54) is 64.7 Å². The zero-order chi connectivity index (χ0) is 12.8. The molecular formula is C15H31N3. The third-order valence-corrected chi connectivity index (χ3v) is 4.77. The summed E-state index contributed by atoms with van der Waals surface area (Å²) in [5, 5.41) is 3.64. The number of likely N-dealkylation sites (N-methyl/N-ethyl adjacent to an activating group) is 2. The fourth-order valence-corrected chi connectivity index (χ4v) is 3.45. The van der Waals surface area contributed by atoms with Gasteiger partial charge in [0.1, 0.15) is 0 Å². The Labute approximate surface area is 113 Å². The third kappa shape index (κ3) is 4.52. The molecule has 1 atom stereocenters. The summed E-state index contributed by atoms with van der Waals surface area (Å²) in [5.41, 5.74) is 0. The normalized spacial score (nSPS) is 26.5. The van der Waals surface area contributed by atoms with Gasteiger partial charge in [0.2, 0.25) is 0 Å². The van der Waals surface area contributed by atoms with Crippen LogP contribution >= 0.6 is 0 Å². The van der Waals surface area contributed by atoms with E-state index in [-0.39, 0.29) is 0 Å². The van der Waals surface area contributed by atoms with Crippen molar-refractivity contribution >= 4 is 0 Å². The maximum atomic E-state index is 3.64. The van der Waals surface area contributed by atoms with Crippen molar-refractivity contribution in [2.24, 2.45) is 5.92 Å². The van der Waals surface area contributed by atoms with Crippen molar-refractivity contribution in [2.45, 2.75) is 44.6 Å². The first-order valence-electron chi connectivity index (χ1n) is 7.85. The van der Waals surface area contributed by atoms with Crippen molar-refractivity contribution in [1.29, 1.82) is 0 Å². The van der Waals surface area contributed by atoms with Crippen LogP contribution in [0.4, 0.5) is 0 Å². The lowest BCUT2D eigenvalue weighted by atomic mass is 10.1. The summed E-state index contributed by atoms with van der Waals surface area (Å²) in [7, 11) is 4.53. The molecular weight excluding hydrogens is 222 g/mol. The Hall–Kier alpha value is -0.120. The number of nitrogens with one attached hydrogen (secondary N) is 1. The van der Waals surface area contributed by atoms with Gasteiger partial charge in [-0.05, 0) is 58.8 Å². The Morgan fingerprint density at radius 2 is 1.94 bits per heavy atom. The molecule has 2 rings (SSSR count). The van der Waals surface area contributed by atoms with Gasteiger partial charge in [-0.3, -0.25) is 0 Å². The van der Waals surface area contributed by atoms with Gasteiger partial charge in [-0.1, -0.05) is 12.8 Å². The van der Waals surface area contributed by atoms with Gasteiger partial charge in [0.05, 0.1) is 0 Å². The lowest BCUT2D eigenvalue weighted by Gasteiger charge is -2.26. The first-order valence-corrected chi connectivity index (χ1v) is 7.85. The minimum Gasteiger partial charge on any atom is -0.315 e. The van der Waals surface area contributed by atoms with Gasteiger partial charge >= 0.3 is 0 Å². The smallest absolute Gasteiger partial charge is 0.0220 e. The van der Waals surface area contributed by atoms with Crippen LogP contribution in [0.2, 0.25) is 0 Å². The van der Waals surface area contributed by atoms with Crippen molar-refractivity contribution in [3.63, 3.8) is 0 Å². The van der Waals surface area contributed by atoms with Crippen molar-refractivity contribution in [1.82, 2.24) is 15.1 Å². The van der Waals surface area contributed by atoms with Crippen LogP contribution in [0.15, 0.2) is 0 Å². The number of hydrogen-bond acceptors (Lipinski definition) is 3. The molecule has 3 heteroatoms. The average molecular weight is 253 g/mol. The second-order valence-electron chi connectivity index (χ2n) is 6.39. The molecule has 18 heavy (non-hydrogen) atoms. The highest BCUT2D eigenvalue weighted by Gasteiger charge is 2.21. The predicted octanol–water partition coefficient (Wildman–Crippen LogP) is 1.79. The first kappa shape index (κ1) is 14.3. The molecule has 1 aliphatic carbocycles. The summed E-state index contributed by atoms with van der Waals surface area (Å²) >= 11 is 0. The molecule has 1 N–H and O–H groups in total. The summed E-state index contributed by atoms with van der Waals surface area (Å²) in [6.07, 6.45) is 8.59. The minimum absolute atomic E-state index is 0.796.